The third kappa shape index (κ3) is 2.29. The first kappa shape index (κ1) is 12.0. The van der Waals surface area contributed by atoms with Crippen LogP contribution < -0.4 is 11.1 Å². The van der Waals surface area contributed by atoms with Crippen LogP contribution in [0.1, 0.15) is 11.5 Å². The number of nitrogens with one attached hydrogen (secondary N) is 1. The zero-order valence-electron chi connectivity index (χ0n) is 10.2. The molecule has 1 aromatic heterocycles. The number of thioether (sulfide) groups is 1. The van der Waals surface area contributed by atoms with Gasteiger partial charge in [-0.1, -0.05) is 18.2 Å². The number of hydrogen-bond donors (Lipinski definition) is 2. The van der Waals surface area contributed by atoms with Crippen molar-refractivity contribution in [2.24, 2.45) is 0 Å². The SMILES string of the molecule is Nc1cccnc1NC(=O)C1CSc2ccccc21. The number of carbonyl (C=O) groups excluding carboxylic acids is 1. The molecule has 1 aliphatic rings. The summed E-state index contributed by atoms with van der Waals surface area (Å²) in [6, 6.07) is 11.5. The van der Waals surface area contributed by atoms with Crippen LogP contribution in [0.25, 0.3) is 0 Å². The second-order valence-electron chi connectivity index (χ2n) is 4.33. The number of aromatic nitrogens is 1. The van der Waals surface area contributed by atoms with Crippen molar-refractivity contribution in [1.82, 2.24) is 4.98 Å². The monoisotopic (exact) mass is 271 g/mol. The molecule has 1 aromatic carbocycles. The summed E-state index contributed by atoms with van der Waals surface area (Å²) in [6.45, 7) is 0. The molecule has 0 fully saturated rings. The van der Waals surface area contributed by atoms with Crippen LogP contribution in [0.5, 0.6) is 0 Å². The van der Waals surface area contributed by atoms with Crippen LogP contribution in [0.2, 0.25) is 0 Å². The standard InChI is InChI=1S/C14H13N3OS/c15-11-5-3-7-16-13(11)17-14(18)10-8-19-12-6-2-1-4-9(10)12/h1-7,10H,8,15H2,(H,16,17,18). The minimum atomic E-state index is -0.136. The highest BCUT2D eigenvalue weighted by Crippen LogP contribution is 2.39. The van der Waals surface area contributed by atoms with E-state index in [9.17, 15) is 4.79 Å². The highest BCUT2D eigenvalue weighted by atomic mass is 32.2. The summed E-state index contributed by atoms with van der Waals surface area (Å²) in [7, 11) is 0. The Bertz CT molecular complexity index is 630. The minimum absolute atomic E-state index is 0.0529. The summed E-state index contributed by atoms with van der Waals surface area (Å²) in [5.74, 6) is 1.00. The minimum Gasteiger partial charge on any atom is -0.396 e. The summed E-state index contributed by atoms with van der Waals surface area (Å²) in [5, 5.41) is 2.80. The van der Waals surface area contributed by atoms with E-state index in [1.54, 1.807) is 30.1 Å². The number of anilines is 2. The number of pyridine rings is 1. The van der Waals surface area contributed by atoms with Crippen molar-refractivity contribution in [3.8, 4) is 0 Å². The molecular weight excluding hydrogens is 258 g/mol. The smallest absolute Gasteiger partial charge is 0.234 e. The Kier molecular flexibility index (Phi) is 3.13. The number of amides is 1. The van der Waals surface area contributed by atoms with Crippen LogP contribution in [0, 0.1) is 0 Å². The van der Waals surface area contributed by atoms with Crippen LogP contribution in [-0.4, -0.2) is 16.6 Å². The lowest BCUT2D eigenvalue weighted by Gasteiger charge is -2.12. The molecule has 96 valence electrons. The van der Waals surface area contributed by atoms with E-state index in [0.717, 1.165) is 11.3 Å². The molecule has 0 radical (unpaired) electrons. The number of benzene rings is 1. The van der Waals surface area contributed by atoms with E-state index in [1.165, 1.54) is 4.90 Å². The number of nitrogens with two attached hydrogens (primary N) is 1. The molecular formula is C14H13N3OS. The molecule has 2 heterocycles. The zero-order valence-corrected chi connectivity index (χ0v) is 11.0. The van der Waals surface area contributed by atoms with Crippen molar-refractivity contribution in [2.45, 2.75) is 10.8 Å². The fourth-order valence-corrected chi connectivity index (χ4v) is 3.33. The quantitative estimate of drug-likeness (QED) is 0.880. The topological polar surface area (TPSA) is 68.0 Å². The van der Waals surface area contributed by atoms with Crippen LogP contribution in [0.4, 0.5) is 11.5 Å². The van der Waals surface area contributed by atoms with Gasteiger partial charge in [0.25, 0.3) is 0 Å². The average molecular weight is 271 g/mol. The van der Waals surface area contributed by atoms with E-state index < -0.39 is 0 Å². The Labute approximate surface area is 115 Å². The maximum Gasteiger partial charge on any atom is 0.234 e. The Balaban J connectivity index is 1.81. The molecule has 0 spiro atoms. The highest BCUT2D eigenvalue weighted by Gasteiger charge is 2.29. The van der Waals surface area contributed by atoms with E-state index in [4.69, 9.17) is 5.73 Å². The second-order valence-corrected chi connectivity index (χ2v) is 5.39. The van der Waals surface area contributed by atoms with E-state index in [-0.39, 0.29) is 11.8 Å². The second kappa shape index (κ2) is 4.93. The molecule has 1 atom stereocenters. The molecule has 3 N–H and O–H groups in total. The normalized spacial score (nSPS) is 16.9. The molecule has 1 unspecified atom stereocenters. The maximum atomic E-state index is 12.3. The van der Waals surface area contributed by atoms with Crippen molar-refractivity contribution in [1.29, 1.82) is 0 Å². The van der Waals surface area contributed by atoms with Crippen molar-refractivity contribution in [3.63, 3.8) is 0 Å². The van der Waals surface area contributed by atoms with Gasteiger partial charge in [0.15, 0.2) is 5.82 Å². The number of rotatable bonds is 2. The first-order valence-corrected chi connectivity index (χ1v) is 6.97. The van der Waals surface area contributed by atoms with Crippen LogP contribution >= 0.6 is 11.8 Å². The molecule has 0 saturated heterocycles. The van der Waals surface area contributed by atoms with Crippen LogP contribution in [0.3, 0.4) is 0 Å². The molecule has 0 bridgehead atoms. The maximum absolute atomic E-state index is 12.3. The first-order valence-electron chi connectivity index (χ1n) is 5.99. The van der Waals surface area contributed by atoms with Gasteiger partial charge in [-0.25, -0.2) is 4.98 Å². The summed E-state index contributed by atoms with van der Waals surface area (Å²) in [5.41, 5.74) is 7.34. The lowest BCUT2D eigenvalue weighted by Crippen LogP contribution is -2.22. The largest absolute Gasteiger partial charge is 0.396 e. The van der Waals surface area contributed by atoms with Gasteiger partial charge < -0.3 is 11.1 Å². The number of nitrogen functional groups attached to an aromatic ring is 1. The Morgan fingerprint density at radius 1 is 1.32 bits per heavy atom. The van der Waals surface area contributed by atoms with Crippen molar-refractivity contribution in [2.75, 3.05) is 16.8 Å². The number of carbonyl (C=O) groups is 1. The number of hydrogen-bond acceptors (Lipinski definition) is 4. The average Bonchev–Trinajstić information content (AvgIpc) is 2.85. The molecule has 2 aromatic rings. The molecule has 1 amide bonds. The van der Waals surface area contributed by atoms with Gasteiger partial charge in [0.2, 0.25) is 5.91 Å². The van der Waals surface area contributed by atoms with Gasteiger partial charge in [0, 0.05) is 16.8 Å². The van der Waals surface area contributed by atoms with E-state index in [2.05, 4.69) is 10.3 Å². The molecule has 3 rings (SSSR count). The number of nitrogens with zero attached hydrogens (tertiary/aromatic N) is 1. The van der Waals surface area contributed by atoms with Gasteiger partial charge in [-0.05, 0) is 23.8 Å². The van der Waals surface area contributed by atoms with Crippen molar-refractivity contribution < 1.29 is 4.79 Å². The van der Waals surface area contributed by atoms with E-state index in [1.807, 2.05) is 24.3 Å². The number of fused-ring (bicyclic) bond motifs is 1. The Morgan fingerprint density at radius 3 is 3.00 bits per heavy atom. The van der Waals surface area contributed by atoms with Gasteiger partial charge in [-0.15, -0.1) is 11.8 Å². The van der Waals surface area contributed by atoms with Gasteiger partial charge in [0.05, 0.1) is 11.6 Å². The van der Waals surface area contributed by atoms with Crippen molar-refractivity contribution >= 4 is 29.2 Å². The van der Waals surface area contributed by atoms with Gasteiger partial charge in [-0.3, -0.25) is 4.79 Å². The third-order valence-corrected chi connectivity index (χ3v) is 4.28. The molecule has 5 heteroatoms. The molecule has 4 nitrogen and oxygen atoms in total. The summed E-state index contributed by atoms with van der Waals surface area (Å²) >= 11 is 1.71. The van der Waals surface area contributed by atoms with Crippen molar-refractivity contribution in [3.05, 3.63) is 48.2 Å². The molecule has 0 saturated carbocycles. The van der Waals surface area contributed by atoms with Gasteiger partial charge >= 0.3 is 0 Å². The Hall–Kier alpha value is -2.01. The fourth-order valence-electron chi connectivity index (χ4n) is 2.11. The van der Waals surface area contributed by atoms with Crippen LogP contribution in [0.15, 0.2) is 47.5 Å². The van der Waals surface area contributed by atoms with Gasteiger partial charge in [0.1, 0.15) is 0 Å². The molecule has 19 heavy (non-hydrogen) atoms. The molecule has 0 aliphatic carbocycles. The fraction of sp³-hybridized carbons (Fsp3) is 0.143. The summed E-state index contributed by atoms with van der Waals surface area (Å²) < 4.78 is 0. The van der Waals surface area contributed by atoms with Gasteiger partial charge in [-0.2, -0.15) is 0 Å². The summed E-state index contributed by atoms with van der Waals surface area (Å²) in [6.07, 6.45) is 1.61. The lowest BCUT2D eigenvalue weighted by molar-refractivity contribution is -0.117. The van der Waals surface area contributed by atoms with Crippen LogP contribution in [-0.2, 0) is 4.79 Å². The lowest BCUT2D eigenvalue weighted by atomic mass is 10.0. The first-order chi connectivity index (χ1) is 9.25. The van der Waals surface area contributed by atoms with E-state index >= 15 is 0 Å². The summed E-state index contributed by atoms with van der Waals surface area (Å²) in [4.78, 5) is 17.6. The molecule has 1 aliphatic heterocycles. The highest BCUT2D eigenvalue weighted by molar-refractivity contribution is 7.99. The third-order valence-electron chi connectivity index (χ3n) is 3.10. The van der Waals surface area contributed by atoms with E-state index in [0.29, 0.717) is 11.5 Å². The predicted octanol–water partition coefficient (Wildman–Crippen LogP) is 2.49. The predicted molar refractivity (Wildman–Crippen MR) is 77.2 cm³/mol. The zero-order chi connectivity index (χ0) is 13.2. The Morgan fingerprint density at radius 2 is 2.16 bits per heavy atom.